The number of carbonyl (C=O) groups excluding carboxylic acids is 2. The van der Waals surface area contributed by atoms with Crippen LogP contribution in [0.25, 0.3) is 0 Å². The molecule has 0 radical (unpaired) electrons. The number of halogens is 3. The number of nitrogens with one attached hydrogen (secondary N) is 2. The van der Waals surface area contributed by atoms with Crippen LogP contribution in [-0.2, 0) is 6.18 Å². The topological polar surface area (TPSA) is 105 Å². The minimum atomic E-state index is -4.72. The Labute approximate surface area is 133 Å². The lowest BCUT2D eigenvalue weighted by atomic mass is 10.1. The molecule has 0 unspecified atom stereocenters. The molecule has 2 rings (SSSR count). The Morgan fingerprint density at radius 1 is 1.12 bits per heavy atom. The van der Waals surface area contributed by atoms with E-state index in [4.69, 9.17) is 5.73 Å². The molecule has 0 spiro atoms. The smallest absolute Gasteiger partial charge is 0.366 e. The van der Waals surface area contributed by atoms with Gasteiger partial charge in [0, 0.05) is 11.3 Å². The first-order chi connectivity index (χ1) is 11.1. The van der Waals surface area contributed by atoms with Crippen molar-refractivity contribution < 1.29 is 22.8 Å². The molecular weight excluding hydrogens is 327 g/mol. The number of benzene rings is 1. The molecule has 0 aliphatic carbocycles. The van der Waals surface area contributed by atoms with Gasteiger partial charge < -0.3 is 16.0 Å². The summed E-state index contributed by atoms with van der Waals surface area (Å²) in [6.45, 7) is 1.65. The number of nitrogens with two attached hydrogens (primary N) is 1. The third-order valence-corrected chi connectivity index (χ3v) is 3.22. The van der Waals surface area contributed by atoms with Gasteiger partial charge in [0.2, 0.25) is 5.91 Å². The van der Waals surface area contributed by atoms with Gasteiger partial charge in [-0.3, -0.25) is 14.4 Å². The largest absolute Gasteiger partial charge is 0.431 e. The quantitative estimate of drug-likeness (QED) is 0.797. The third-order valence-electron chi connectivity index (χ3n) is 3.22. The highest BCUT2D eigenvalue weighted by Crippen LogP contribution is 2.26. The van der Waals surface area contributed by atoms with E-state index in [-0.39, 0.29) is 11.3 Å². The summed E-state index contributed by atoms with van der Waals surface area (Å²) in [5.41, 5.74) is 3.21. The first-order valence-electron chi connectivity index (χ1n) is 6.62. The fourth-order valence-corrected chi connectivity index (χ4v) is 1.98. The Morgan fingerprint density at radius 2 is 1.79 bits per heavy atom. The number of anilines is 1. The zero-order valence-corrected chi connectivity index (χ0v) is 12.3. The first-order valence-corrected chi connectivity index (χ1v) is 6.62. The molecule has 0 saturated heterocycles. The van der Waals surface area contributed by atoms with Crippen LogP contribution < -0.4 is 16.6 Å². The SMILES string of the molecule is Cc1ccc(NC(=O)c2ccc(C(F)(F)F)[nH]c2=O)cc1C(N)=O. The maximum Gasteiger partial charge on any atom is 0.431 e. The normalized spacial score (nSPS) is 11.2. The minimum Gasteiger partial charge on any atom is -0.366 e. The van der Waals surface area contributed by atoms with Gasteiger partial charge in [-0.05, 0) is 36.8 Å². The Balaban J connectivity index is 2.29. The molecule has 126 valence electrons. The summed E-state index contributed by atoms with van der Waals surface area (Å²) in [6, 6.07) is 5.69. The number of H-pyrrole nitrogens is 1. The molecule has 0 aliphatic heterocycles. The first kappa shape index (κ1) is 17.3. The lowest BCUT2D eigenvalue weighted by molar-refractivity contribution is -0.141. The van der Waals surface area contributed by atoms with Crippen molar-refractivity contribution in [3.8, 4) is 0 Å². The van der Waals surface area contributed by atoms with Crippen LogP contribution in [0.5, 0.6) is 0 Å². The third kappa shape index (κ3) is 3.62. The van der Waals surface area contributed by atoms with E-state index in [1.54, 1.807) is 11.9 Å². The van der Waals surface area contributed by atoms with E-state index in [2.05, 4.69) is 5.32 Å². The van der Waals surface area contributed by atoms with Gasteiger partial charge in [-0.1, -0.05) is 6.07 Å². The summed E-state index contributed by atoms with van der Waals surface area (Å²) in [5, 5.41) is 2.33. The number of pyridine rings is 1. The monoisotopic (exact) mass is 339 g/mol. The van der Waals surface area contributed by atoms with Crippen molar-refractivity contribution in [1.82, 2.24) is 4.98 Å². The number of hydrogen-bond donors (Lipinski definition) is 3. The van der Waals surface area contributed by atoms with E-state index in [1.807, 2.05) is 0 Å². The Morgan fingerprint density at radius 3 is 2.33 bits per heavy atom. The van der Waals surface area contributed by atoms with E-state index < -0.39 is 34.8 Å². The molecular formula is C15H12F3N3O3. The van der Waals surface area contributed by atoms with Gasteiger partial charge in [-0.15, -0.1) is 0 Å². The number of alkyl halides is 3. The van der Waals surface area contributed by atoms with Crippen LogP contribution in [0.4, 0.5) is 18.9 Å². The van der Waals surface area contributed by atoms with Crippen LogP contribution in [-0.4, -0.2) is 16.8 Å². The van der Waals surface area contributed by atoms with Crippen molar-refractivity contribution in [2.75, 3.05) is 5.32 Å². The highest BCUT2D eigenvalue weighted by atomic mass is 19.4. The molecule has 1 heterocycles. The molecule has 2 amide bonds. The molecule has 0 atom stereocenters. The highest BCUT2D eigenvalue weighted by Gasteiger charge is 2.32. The lowest BCUT2D eigenvalue weighted by Crippen LogP contribution is -2.26. The van der Waals surface area contributed by atoms with Crippen LogP contribution in [0.15, 0.2) is 35.1 Å². The van der Waals surface area contributed by atoms with Gasteiger partial charge >= 0.3 is 6.18 Å². The molecule has 0 saturated carbocycles. The molecule has 1 aromatic heterocycles. The van der Waals surface area contributed by atoms with Crippen LogP contribution in [0.3, 0.4) is 0 Å². The summed E-state index contributed by atoms with van der Waals surface area (Å²) in [5.74, 6) is -1.61. The molecule has 1 aromatic carbocycles. The Kier molecular flexibility index (Phi) is 4.45. The zero-order valence-electron chi connectivity index (χ0n) is 12.3. The highest BCUT2D eigenvalue weighted by molar-refractivity contribution is 6.05. The fraction of sp³-hybridized carbons (Fsp3) is 0.133. The van der Waals surface area contributed by atoms with Gasteiger partial charge in [-0.25, -0.2) is 0 Å². The van der Waals surface area contributed by atoms with E-state index in [1.165, 1.54) is 18.2 Å². The molecule has 6 nitrogen and oxygen atoms in total. The molecule has 24 heavy (non-hydrogen) atoms. The van der Waals surface area contributed by atoms with Crippen molar-refractivity contribution in [3.63, 3.8) is 0 Å². The number of hydrogen-bond acceptors (Lipinski definition) is 3. The minimum absolute atomic E-state index is 0.175. The summed E-state index contributed by atoms with van der Waals surface area (Å²) in [6.07, 6.45) is -4.72. The number of primary amides is 1. The van der Waals surface area contributed by atoms with E-state index in [0.29, 0.717) is 11.6 Å². The standard InChI is InChI=1S/C15H12F3N3O3/c1-7-2-3-8(6-10(7)12(19)22)20-13(23)9-4-5-11(15(16,17)18)21-14(9)24/h2-6H,1H3,(H2,19,22)(H,20,23)(H,21,24). The Hall–Kier alpha value is -3.10. The summed E-state index contributed by atoms with van der Waals surface area (Å²) >= 11 is 0. The van der Waals surface area contributed by atoms with Crippen LogP contribution >= 0.6 is 0 Å². The van der Waals surface area contributed by atoms with Gasteiger partial charge in [-0.2, -0.15) is 13.2 Å². The second-order valence-corrected chi connectivity index (χ2v) is 4.96. The average Bonchev–Trinajstić information content (AvgIpc) is 2.47. The van der Waals surface area contributed by atoms with Gasteiger partial charge in [0.25, 0.3) is 11.5 Å². The van der Waals surface area contributed by atoms with Gasteiger partial charge in [0.1, 0.15) is 11.3 Å². The maximum atomic E-state index is 12.5. The van der Waals surface area contributed by atoms with Crippen LogP contribution in [0, 0.1) is 6.92 Å². The zero-order chi connectivity index (χ0) is 18.1. The van der Waals surface area contributed by atoms with Gasteiger partial charge in [0.15, 0.2) is 0 Å². The molecule has 9 heteroatoms. The predicted molar refractivity (Wildman–Crippen MR) is 79.7 cm³/mol. The lowest BCUT2D eigenvalue weighted by Gasteiger charge is -2.09. The molecule has 4 N–H and O–H groups in total. The molecule has 0 aliphatic rings. The average molecular weight is 339 g/mol. The number of rotatable bonds is 3. The number of aromatic amines is 1. The van der Waals surface area contributed by atoms with Gasteiger partial charge in [0.05, 0.1) is 0 Å². The fourth-order valence-electron chi connectivity index (χ4n) is 1.98. The van der Waals surface area contributed by atoms with Crippen molar-refractivity contribution in [2.24, 2.45) is 5.73 Å². The van der Waals surface area contributed by atoms with E-state index in [0.717, 1.165) is 6.07 Å². The number of aryl methyl sites for hydroxylation is 1. The summed E-state index contributed by atoms with van der Waals surface area (Å²) < 4.78 is 37.5. The molecule has 2 aromatic rings. The van der Waals surface area contributed by atoms with Crippen molar-refractivity contribution in [2.45, 2.75) is 13.1 Å². The van der Waals surface area contributed by atoms with E-state index >= 15 is 0 Å². The number of aromatic nitrogens is 1. The predicted octanol–water partition coefficient (Wildman–Crippen LogP) is 2.05. The molecule has 0 fully saturated rings. The molecule has 0 bridgehead atoms. The van der Waals surface area contributed by atoms with Crippen molar-refractivity contribution in [3.05, 3.63) is 63.1 Å². The van der Waals surface area contributed by atoms with Crippen molar-refractivity contribution >= 4 is 17.5 Å². The second kappa shape index (κ2) is 6.19. The van der Waals surface area contributed by atoms with Crippen LogP contribution in [0.2, 0.25) is 0 Å². The number of carbonyl (C=O) groups is 2. The summed E-state index contributed by atoms with van der Waals surface area (Å²) in [4.78, 5) is 36.6. The van der Waals surface area contributed by atoms with Crippen LogP contribution in [0.1, 0.15) is 32.0 Å². The van der Waals surface area contributed by atoms with Crippen molar-refractivity contribution in [1.29, 1.82) is 0 Å². The number of amides is 2. The van der Waals surface area contributed by atoms with E-state index in [9.17, 15) is 27.6 Å². The summed E-state index contributed by atoms with van der Waals surface area (Å²) in [7, 11) is 0. The Bertz CT molecular complexity index is 872. The second-order valence-electron chi connectivity index (χ2n) is 4.96. The maximum absolute atomic E-state index is 12.5.